The van der Waals surface area contributed by atoms with E-state index in [2.05, 4.69) is 55.5 Å². The van der Waals surface area contributed by atoms with Gasteiger partial charge >= 0.3 is 0 Å². The molecular formula is C14H29N5OS. The fourth-order valence-corrected chi connectivity index (χ4v) is 2.34. The van der Waals surface area contributed by atoms with E-state index >= 15 is 0 Å². The van der Waals surface area contributed by atoms with Crippen LogP contribution >= 0.6 is 11.8 Å². The fourth-order valence-electron chi connectivity index (χ4n) is 1.59. The summed E-state index contributed by atoms with van der Waals surface area (Å²) in [5.41, 5.74) is 0.117. The standard InChI is InChI=1S/C14H29N5OS/c1-12(2)6-9-20-10-11-21-13-16-17-18-19(13)8-7-15-14(3,4)5/h12,15H,6-11H2,1-5H3. The van der Waals surface area contributed by atoms with Gasteiger partial charge in [-0.05, 0) is 43.5 Å². The summed E-state index contributed by atoms with van der Waals surface area (Å²) in [5.74, 6) is 1.57. The Hall–Kier alpha value is -0.660. The SMILES string of the molecule is CC(C)CCOCCSc1nnnn1CCNC(C)(C)C. The average Bonchev–Trinajstić information content (AvgIpc) is 2.79. The predicted molar refractivity (Wildman–Crippen MR) is 86.6 cm³/mol. The third kappa shape index (κ3) is 9.06. The molecular weight excluding hydrogens is 286 g/mol. The Morgan fingerprint density at radius 3 is 2.71 bits per heavy atom. The van der Waals surface area contributed by atoms with Gasteiger partial charge in [0.25, 0.3) is 0 Å². The maximum Gasteiger partial charge on any atom is 0.209 e. The zero-order valence-corrected chi connectivity index (χ0v) is 14.7. The number of thioether (sulfide) groups is 1. The number of aromatic nitrogens is 4. The van der Waals surface area contributed by atoms with E-state index in [0.717, 1.165) is 43.6 Å². The summed E-state index contributed by atoms with van der Waals surface area (Å²) in [6.45, 7) is 14.1. The second kappa shape index (κ2) is 9.38. The van der Waals surface area contributed by atoms with E-state index in [1.54, 1.807) is 11.8 Å². The van der Waals surface area contributed by atoms with Crippen LogP contribution in [0.5, 0.6) is 0 Å². The highest BCUT2D eigenvalue weighted by atomic mass is 32.2. The van der Waals surface area contributed by atoms with Crippen molar-refractivity contribution in [2.75, 3.05) is 25.5 Å². The lowest BCUT2D eigenvalue weighted by Crippen LogP contribution is -2.38. The zero-order chi connectivity index (χ0) is 15.7. The number of ether oxygens (including phenoxy) is 1. The number of hydrogen-bond acceptors (Lipinski definition) is 6. The van der Waals surface area contributed by atoms with Gasteiger partial charge in [0.1, 0.15) is 0 Å². The fraction of sp³-hybridized carbons (Fsp3) is 0.929. The van der Waals surface area contributed by atoms with Crippen molar-refractivity contribution in [2.45, 2.75) is 58.3 Å². The molecule has 0 radical (unpaired) electrons. The maximum absolute atomic E-state index is 5.60. The van der Waals surface area contributed by atoms with E-state index in [9.17, 15) is 0 Å². The minimum absolute atomic E-state index is 0.117. The van der Waals surface area contributed by atoms with Crippen molar-refractivity contribution in [3.05, 3.63) is 0 Å². The van der Waals surface area contributed by atoms with E-state index in [-0.39, 0.29) is 5.54 Å². The molecule has 21 heavy (non-hydrogen) atoms. The minimum Gasteiger partial charge on any atom is -0.381 e. The maximum atomic E-state index is 5.60. The molecule has 1 heterocycles. The molecule has 0 atom stereocenters. The highest BCUT2D eigenvalue weighted by Crippen LogP contribution is 2.13. The van der Waals surface area contributed by atoms with E-state index in [1.165, 1.54) is 0 Å². The van der Waals surface area contributed by atoms with Crippen LogP contribution < -0.4 is 5.32 Å². The predicted octanol–water partition coefficient (Wildman–Crippen LogP) is 2.22. The van der Waals surface area contributed by atoms with Crippen molar-refractivity contribution in [1.29, 1.82) is 0 Å². The summed E-state index contributed by atoms with van der Waals surface area (Å²) in [4.78, 5) is 0. The second-order valence-electron chi connectivity index (χ2n) is 6.50. The first-order valence-corrected chi connectivity index (χ1v) is 8.59. The quantitative estimate of drug-likeness (QED) is 0.527. The molecule has 1 aromatic rings. The second-order valence-corrected chi connectivity index (χ2v) is 7.57. The molecule has 0 bridgehead atoms. The van der Waals surface area contributed by atoms with Crippen molar-refractivity contribution >= 4 is 11.8 Å². The van der Waals surface area contributed by atoms with Crippen LogP contribution in [0.1, 0.15) is 41.0 Å². The Morgan fingerprint density at radius 2 is 2.05 bits per heavy atom. The molecule has 0 unspecified atom stereocenters. The largest absolute Gasteiger partial charge is 0.381 e. The first-order chi connectivity index (χ1) is 9.88. The molecule has 6 nitrogen and oxygen atoms in total. The summed E-state index contributed by atoms with van der Waals surface area (Å²) >= 11 is 1.64. The van der Waals surface area contributed by atoms with Gasteiger partial charge in [-0.25, -0.2) is 4.68 Å². The summed E-state index contributed by atoms with van der Waals surface area (Å²) in [6, 6.07) is 0. The first-order valence-electron chi connectivity index (χ1n) is 7.60. The summed E-state index contributed by atoms with van der Waals surface area (Å²) in [6.07, 6.45) is 1.11. The number of nitrogens with zero attached hydrogens (tertiary/aromatic N) is 4. The molecule has 0 aliphatic rings. The normalized spacial score (nSPS) is 12.3. The molecule has 0 saturated carbocycles. The average molecular weight is 315 g/mol. The lowest BCUT2D eigenvalue weighted by Gasteiger charge is -2.20. The van der Waals surface area contributed by atoms with Crippen LogP contribution in [0.25, 0.3) is 0 Å². The van der Waals surface area contributed by atoms with Crippen LogP contribution in [0.2, 0.25) is 0 Å². The van der Waals surface area contributed by atoms with Gasteiger partial charge in [0.05, 0.1) is 13.2 Å². The van der Waals surface area contributed by atoms with Gasteiger partial charge in [-0.2, -0.15) is 0 Å². The molecule has 122 valence electrons. The lowest BCUT2D eigenvalue weighted by molar-refractivity contribution is 0.138. The van der Waals surface area contributed by atoms with E-state index in [4.69, 9.17) is 4.74 Å². The number of nitrogens with one attached hydrogen (secondary N) is 1. The molecule has 0 aliphatic heterocycles. The minimum atomic E-state index is 0.117. The van der Waals surface area contributed by atoms with Crippen molar-refractivity contribution < 1.29 is 4.74 Å². The lowest BCUT2D eigenvalue weighted by atomic mass is 10.1. The van der Waals surface area contributed by atoms with Crippen LogP contribution in [0, 0.1) is 5.92 Å². The zero-order valence-electron chi connectivity index (χ0n) is 13.9. The molecule has 1 N–H and O–H groups in total. The molecule has 1 rings (SSSR count). The Balaban J connectivity index is 2.19. The highest BCUT2D eigenvalue weighted by Gasteiger charge is 2.10. The van der Waals surface area contributed by atoms with Crippen LogP contribution in [-0.2, 0) is 11.3 Å². The first kappa shape index (κ1) is 18.4. The molecule has 0 saturated heterocycles. The molecule has 7 heteroatoms. The van der Waals surface area contributed by atoms with Gasteiger partial charge in [-0.3, -0.25) is 0 Å². The smallest absolute Gasteiger partial charge is 0.209 e. The van der Waals surface area contributed by atoms with Crippen LogP contribution in [0.15, 0.2) is 5.16 Å². The third-order valence-electron chi connectivity index (χ3n) is 2.78. The van der Waals surface area contributed by atoms with Gasteiger partial charge < -0.3 is 10.1 Å². The van der Waals surface area contributed by atoms with Crippen molar-refractivity contribution in [3.8, 4) is 0 Å². The van der Waals surface area contributed by atoms with Gasteiger partial charge in [0.15, 0.2) is 0 Å². The van der Waals surface area contributed by atoms with Crippen molar-refractivity contribution in [2.24, 2.45) is 5.92 Å². The highest BCUT2D eigenvalue weighted by molar-refractivity contribution is 7.99. The Morgan fingerprint density at radius 1 is 1.29 bits per heavy atom. The molecule has 1 aromatic heterocycles. The third-order valence-corrected chi connectivity index (χ3v) is 3.70. The molecule has 0 spiro atoms. The van der Waals surface area contributed by atoms with Crippen molar-refractivity contribution in [3.63, 3.8) is 0 Å². The van der Waals surface area contributed by atoms with Crippen LogP contribution in [0.3, 0.4) is 0 Å². The molecule has 0 amide bonds. The number of rotatable bonds is 10. The van der Waals surface area contributed by atoms with Gasteiger partial charge in [-0.15, -0.1) is 5.10 Å². The van der Waals surface area contributed by atoms with Gasteiger partial charge in [-0.1, -0.05) is 25.6 Å². The Labute approximate surface area is 132 Å². The molecule has 0 fully saturated rings. The van der Waals surface area contributed by atoms with Crippen LogP contribution in [0.4, 0.5) is 0 Å². The van der Waals surface area contributed by atoms with E-state index in [1.807, 2.05) is 4.68 Å². The Kier molecular flexibility index (Phi) is 8.21. The van der Waals surface area contributed by atoms with Crippen molar-refractivity contribution in [1.82, 2.24) is 25.5 Å². The Bertz CT molecular complexity index is 389. The molecule has 0 aliphatic carbocycles. The monoisotopic (exact) mass is 315 g/mol. The van der Waals surface area contributed by atoms with Crippen LogP contribution in [-0.4, -0.2) is 51.3 Å². The summed E-state index contributed by atoms with van der Waals surface area (Å²) < 4.78 is 7.44. The van der Waals surface area contributed by atoms with Gasteiger partial charge in [0.2, 0.25) is 5.16 Å². The summed E-state index contributed by atoms with van der Waals surface area (Å²) in [7, 11) is 0. The summed E-state index contributed by atoms with van der Waals surface area (Å²) in [5, 5.41) is 16.1. The molecule has 0 aromatic carbocycles. The number of tetrazole rings is 1. The number of hydrogen-bond donors (Lipinski definition) is 1. The van der Waals surface area contributed by atoms with Gasteiger partial charge in [0, 0.05) is 24.4 Å². The van der Waals surface area contributed by atoms with E-state index < -0.39 is 0 Å². The topological polar surface area (TPSA) is 64.9 Å². The van der Waals surface area contributed by atoms with E-state index in [0.29, 0.717) is 5.92 Å².